The largest absolute Gasteiger partial charge is 0.269 e. The van der Waals surface area contributed by atoms with Crippen molar-refractivity contribution >= 4 is 39.4 Å². The highest BCUT2D eigenvalue weighted by molar-refractivity contribution is 6.05. The molecule has 0 aliphatic heterocycles. The highest BCUT2D eigenvalue weighted by Crippen LogP contribution is 2.25. The molecule has 0 bridgehead atoms. The van der Waals surface area contributed by atoms with Crippen LogP contribution in [-0.4, -0.2) is 30.4 Å². The molecule has 0 unspecified atom stereocenters. The molecule has 0 spiro atoms. The molecule has 0 amide bonds. The summed E-state index contributed by atoms with van der Waals surface area (Å²) in [7, 11) is 0. The lowest BCUT2D eigenvalue weighted by atomic mass is 10.2. The zero-order valence-electron chi connectivity index (χ0n) is 18.7. The molecule has 6 aromatic rings. The van der Waals surface area contributed by atoms with Crippen LogP contribution in [0.15, 0.2) is 89.0 Å². The van der Waals surface area contributed by atoms with Crippen LogP contribution in [0.5, 0.6) is 0 Å². The van der Waals surface area contributed by atoms with E-state index in [0.717, 1.165) is 27.9 Å². The Balaban J connectivity index is 1.66. The molecule has 3 aromatic carbocycles. The van der Waals surface area contributed by atoms with E-state index in [4.69, 9.17) is 9.97 Å². The zero-order valence-corrected chi connectivity index (χ0v) is 18.7. The molecule has 0 saturated carbocycles. The molecule has 0 saturated heterocycles. The van der Waals surface area contributed by atoms with Gasteiger partial charge in [0.15, 0.2) is 11.3 Å². The molecular weight excluding hydrogens is 424 g/mol. The van der Waals surface area contributed by atoms with Crippen molar-refractivity contribution < 1.29 is 0 Å². The molecule has 7 heteroatoms. The number of aromatic nitrogens is 5. The van der Waals surface area contributed by atoms with Crippen molar-refractivity contribution in [1.29, 1.82) is 0 Å². The average molecular weight is 444 g/mol. The van der Waals surface area contributed by atoms with Gasteiger partial charge in [0, 0.05) is 0 Å². The smallest absolute Gasteiger partial charge is 0.268 e. The van der Waals surface area contributed by atoms with Gasteiger partial charge in [-0.3, -0.25) is 9.36 Å². The maximum atomic E-state index is 13.7. The Bertz CT molecular complexity index is 1790. The van der Waals surface area contributed by atoms with E-state index in [0.29, 0.717) is 27.7 Å². The number of para-hydroxylation sites is 2. The van der Waals surface area contributed by atoms with Gasteiger partial charge in [0.25, 0.3) is 5.56 Å². The molecule has 0 atom stereocenters. The van der Waals surface area contributed by atoms with Crippen molar-refractivity contribution in [2.45, 2.75) is 13.8 Å². The lowest BCUT2D eigenvalue weighted by molar-refractivity contribution is 0.906. The second-order valence-corrected chi connectivity index (χ2v) is 8.31. The summed E-state index contributed by atoms with van der Waals surface area (Å²) in [4.78, 5) is 27.9. The molecule has 3 aromatic heterocycles. The first kappa shape index (κ1) is 20.0. The van der Waals surface area contributed by atoms with E-state index in [1.165, 1.54) is 10.9 Å². The molecule has 0 N–H and O–H groups in total. The van der Waals surface area contributed by atoms with Crippen molar-refractivity contribution in [3.8, 4) is 5.69 Å². The summed E-state index contributed by atoms with van der Waals surface area (Å²) in [6, 6.07) is 23.4. The van der Waals surface area contributed by atoms with Gasteiger partial charge in [-0.2, -0.15) is 9.78 Å². The van der Waals surface area contributed by atoms with Gasteiger partial charge in [0.2, 0.25) is 0 Å². The summed E-state index contributed by atoms with van der Waals surface area (Å²) >= 11 is 0. The van der Waals surface area contributed by atoms with E-state index in [2.05, 4.69) is 10.1 Å². The number of aryl methyl sites for hydroxylation is 2. The Kier molecular flexibility index (Phi) is 4.55. The summed E-state index contributed by atoms with van der Waals surface area (Å²) in [6.07, 6.45) is 3.28. The third-order valence-corrected chi connectivity index (χ3v) is 5.82. The molecule has 3 heterocycles. The Hall–Kier alpha value is -4.65. The van der Waals surface area contributed by atoms with E-state index in [1.807, 2.05) is 86.6 Å². The van der Waals surface area contributed by atoms with Crippen LogP contribution in [0.3, 0.4) is 0 Å². The Labute approximate surface area is 194 Å². The second kappa shape index (κ2) is 7.74. The second-order valence-electron chi connectivity index (χ2n) is 8.31. The van der Waals surface area contributed by atoms with Crippen LogP contribution >= 0.6 is 0 Å². The summed E-state index contributed by atoms with van der Waals surface area (Å²) in [5.74, 6) is 0. The standard InChI is InChI=1S/C27H20N6O/c1-17-10-12-20(13-11-17)32-16-28-25-23(27(32)34)24-26(31-22-9-4-3-8-21(22)30-24)33(25)29-15-19-7-5-6-18(2)14-19/h3-16H,1-2H3. The van der Waals surface area contributed by atoms with Crippen LogP contribution < -0.4 is 5.56 Å². The predicted molar refractivity (Wildman–Crippen MR) is 135 cm³/mol. The minimum atomic E-state index is -0.215. The number of hydrogen-bond donors (Lipinski definition) is 0. The molecular formula is C27H20N6O. The fourth-order valence-electron chi connectivity index (χ4n) is 4.09. The van der Waals surface area contributed by atoms with Crippen LogP contribution in [0.1, 0.15) is 16.7 Å². The van der Waals surface area contributed by atoms with Gasteiger partial charge in [0.1, 0.15) is 17.2 Å². The van der Waals surface area contributed by atoms with Crippen LogP contribution in [0.2, 0.25) is 0 Å². The Morgan fingerprint density at radius 1 is 0.824 bits per heavy atom. The molecule has 6 rings (SSSR count). The molecule has 0 fully saturated rings. The van der Waals surface area contributed by atoms with Crippen molar-refractivity contribution in [3.05, 3.63) is 106 Å². The van der Waals surface area contributed by atoms with E-state index in [9.17, 15) is 4.79 Å². The predicted octanol–water partition coefficient (Wildman–Crippen LogP) is 4.78. The molecule has 0 radical (unpaired) electrons. The Morgan fingerprint density at radius 3 is 2.35 bits per heavy atom. The van der Waals surface area contributed by atoms with Crippen LogP contribution in [0, 0.1) is 13.8 Å². The highest BCUT2D eigenvalue weighted by Gasteiger charge is 2.20. The van der Waals surface area contributed by atoms with Crippen molar-refractivity contribution in [2.24, 2.45) is 5.10 Å². The van der Waals surface area contributed by atoms with Crippen LogP contribution in [0.25, 0.3) is 38.9 Å². The SMILES string of the molecule is Cc1ccc(-n2cnc3c(c2=O)c2nc4ccccc4nc2n3N=Cc2cccc(C)c2)cc1. The lowest BCUT2D eigenvalue weighted by Crippen LogP contribution is -2.18. The van der Waals surface area contributed by atoms with Crippen molar-refractivity contribution in [1.82, 2.24) is 24.2 Å². The molecule has 164 valence electrons. The maximum Gasteiger partial charge on any atom is 0.269 e. The summed E-state index contributed by atoms with van der Waals surface area (Å²) in [5.41, 5.74) is 6.54. The number of nitrogens with zero attached hydrogens (tertiary/aromatic N) is 6. The number of rotatable bonds is 3. The normalized spacial score (nSPS) is 11.8. The third kappa shape index (κ3) is 3.26. The van der Waals surface area contributed by atoms with Crippen LogP contribution in [0.4, 0.5) is 0 Å². The number of benzene rings is 3. The van der Waals surface area contributed by atoms with E-state index >= 15 is 0 Å². The lowest BCUT2D eigenvalue weighted by Gasteiger charge is -2.05. The van der Waals surface area contributed by atoms with Gasteiger partial charge in [-0.05, 0) is 43.7 Å². The number of fused-ring (bicyclic) bond motifs is 4. The maximum absolute atomic E-state index is 13.7. The first-order chi connectivity index (χ1) is 16.6. The minimum absolute atomic E-state index is 0.215. The minimum Gasteiger partial charge on any atom is -0.268 e. The monoisotopic (exact) mass is 444 g/mol. The van der Waals surface area contributed by atoms with E-state index in [1.54, 1.807) is 10.9 Å². The highest BCUT2D eigenvalue weighted by atomic mass is 16.1. The molecule has 7 nitrogen and oxygen atoms in total. The first-order valence-corrected chi connectivity index (χ1v) is 10.9. The average Bonchev–Trinajstić information content (AvgIpc) is 3.15. The van der Waals surface area contributed by atoms with Crippen molar-refractivity contribution in [2.75, 3.05) is 0 Å². The first-order valence-electron chi connectivity index (χ1n) is 10.9. The van der Waals surface area contributed by atoms with Gasteiger partial charge < -0.3 is 0 Å². The van der Waals surface area contributed by atoms with Gasteiger partial charge in [-0.15, -0.1) is 0 Å². The number of hydrogen-bond acceptors (Lipinski definition) is 5. The topological polar surface area (TPSA) is 78.0 Å². The van der Waals surface area contributed by atoms with Gasteiger partial charge in [-0.25, -0.2) is 15.0 Å². The fourth-order valence-corrected chi connectivity index (χ4v) is 4.09. The summed E-state index contributed by atoms with van der Waals surface area (Å²) in [5, 5.41) is 5.06. The molecule has 34 heavy (non-hydrogen) atoms. The zero-order chi connectivity index (χ0) is 23.2. The fraction of sp³-hybridized carbons (Fsp3) is 0.0741. The molecule has 0 aliphatic carbocycles. The third-order valence-electron chi connectivity index (χ3n) is 5.82. The van der Waals surface area contributed by atoms with Gasteiger partial charge in [-0.1, -0.05) is 59.7 Å². The quantitative estimate of drug-likeness (QED) is 0.368. The van der Waals surface area contributed by atoms with Crippen LogP contribution in [-0.2, 0) is 0 Å². The van der Waals surface area contributed by atoms with Gasteiger partial charge in [0.05, 0.1) is 22.9 Å². The Morgan fingerprint density at radius 2 is 1.59 bits per heavy atom. The van der Waals surface area contributed by atoms with Crippen molar-refractivity contribution in [3.63, 3.8) is 0 Å². The molecule has 0 aliphatic rings. The summed E-state index contributed by atoms with van der Waals surface area (Å²) < 4.78 is 3.14. The van der Waals surface area contributed by atoms with E-state index < -0.39 is 0 Å². The summed E-state index contributed by atoms with van der Waals surface area (Å²) in [6.45, 7) is 4.04. The van der Waals surface area contributed by atoms with Gasteiger partial charge >= 0.3 is 0 Å². The van der Waals surface area contributed by atoms with E-state index in [-0.39, 0.29) is 5.56 Å².